The van der Waals surface area contributed by atoms with Gasteiger partial charge in [0, 0.05) is 21.8 Å². The summed E-state index contributed by atoms with van der Waals surface area (Å²) in [5.41, 5.74) is 2.11. The third kappa shape index (κ3) is 2.88. The van der Waals surface area contributed by atoms with E-state index in [1.54, 1.807) is 0 Å². The van der Waals surface area contributed by atoms with Crippen LogP contribution in [0.5, 0.6) is 0 Å². The minimum atomic E-state index is -0.198. The van der Waals surface area contributed by atoms with Crippen molar-refractivity contribution >= 4 is 22.6 Å². The molecule has 112 valence electrons. The predicted octanol–water partition coefficient (Wildman–Crippen LogP) is 4.67. The first-order valence-electron chi connectivity index (χ1n) is 7.28. The molecule has 4 heteroatoms. The van der Waals surface area contributed by atoms with Crippen LogP contribution < -0.4 is 0 Å². The van der Waals surface area contributed by atoms with E-state index < -0.39 is 0 Å². The van der Waals surface area contributed by atoms with Crippen molar-refractivity contribution in [2.45, 2.75) is 51.4 Å². The number of ether oxygens (including phenoxy) is 1. The van der Waals surface area contributed by atoms with Crippen LogP contribution in [0.2, 0.25) is 0 Å². The summed E-state index contributed by atoms with van der Waals surface area (Å²) in [5, 5.41) is 4.61. The highest BCUT2D eigenvalue weighted by molar-refractivity contribution is 14.1. The van der Waals surface area contributed by atoms with Crippen LogP contribution in [-0.4, -0.2) is 21.0 Å². The zero-order valence-electron chi connectivity index (χ0n) is 12.9. The SMILES string of the molecule is CC1(C)CC(n2cc(-c3ccccc3I)cn2)C(C)(C)O1. The van der Waals surface area contributed by atoms with Crippen LogP contribution in [0.3, 0.4) is 0 Å². The molecule has 0 amide bonds. The molecule has 0 radical (unpaired) electrons. The third-order valence-corrected chi connectivity index (χ3v) is 5.07. The summed E-state index contributed by atoms with van der Waals surface area (Å²) in [6, 6.07) is 8.66. The highest BCUT2D eigenvalue weighted by Crippen LogP contribution is 2.44. The summed E-state index contributed by atoms with van der Waals surface area (Å²) in [7, 11) is 0. The molecule has 1 aliphatic rings. The van der Waals surface area contributed by atoms with Crippen LogP contribution in [0.25, 0.3) is 11.1 Å². The molecule has 0 bridgehead atoms. The van der Waals surface area contributed by atoms with Gasteiger partial charge in [0.25, 0.3) is 0 Å². The average molecular weight is 396 g/mol. The summed E-state index contributed by atoms with van der Waals surface area (Å²) in [5.74, 6) is 0. The van der Waals surface area contributed by atoms with Crippen molar-refractivity contribution in [1.29, 1.82) is 0 Å². The molecular formula is C17H21IN2O. The zero-order valence-corrected chi connectivity index (χ0v) is 15.1. The van der Waals surface area contributed by atoms with Gasteiger partial charge in [0.15, 0.2) is 0 Å². The van der Waals surface area contributed by atoms with Gasteiger partial charge in [0.05, 0.1) is 23.4 Å². The Balaban J connectivity index is 1.94. The Morgan fingerprint density at radius 2 is 1.95 bits per heavy atom. The van der Waals surface area contributed by atoms with Crippen LogP contribution in [0, 0.1) is 3.57 Å². The van der Waals surface area contributed by atoms with E-state index >= 15 is 0 Å². The fourth-order valence-electron chi connectivity index (χ4n) is 3.29. The van der Waals surface area contributed by atoms with Crippen molar-refractivity contribution in [2.75, 3.05) is 0 Å². The summed E-state index contributed by atoms with van der Waals surface area (Å²) in [6.07, 6.45) is 5.08. The Hall–Kier alpha value is -0.880. The minimum absolute atomic E-state index is 0.0958. The molecule has 1 aliphatic heterocycles. The lowest BCUT2D eigenvalue weighted by Gasteiger charge is -2.27. The molecular weight excluding hydrogens is 375 g/mol. The van der Waals surface area contributed by atoms with Gasteiger partial charge in [0.1, 0.15) is 0 Å². The van der Waals surface area contributed by atoms with E-state index in [-0.39, 0.29) is 17.2 Å². The second-order valence-electron chi connectivity index (χ2n) is 6.87. The normalized spacial score (nSPS) is 23.4. The van der Waals surface area contributed by atoms with Gasteiger partial charge in [0.2, 0.25) is 0 Å². The molecule has 1 unspecified atom stereocenters. The molecule has 0 spiro atoms. The number of halogens is 1. The lowest BCUT2D eigenvalue weighted by atomic mass is 9.94. The van der Waals surface area contributed by atoms with Gasteiger partial charge in [-0.15, -0.1) is 0 Å². The van der Waals surface area contributed by atoms with Crippen molar-refractivity contribution < 1.29 is 4.74 Å². The van der Waals surface area contributed by atoms with E-state index in [1.165, 1.54) is 14.7 Å². The van der Waals surface area contributed by atoms with E-state index in [2.05, 4.69) is 90.5 Å². The van der Waals surface area contributed by atoms with Gasteiger partial charge in [-0.05, 0) is 61.9 Å². The molecule has 2 heterocycles. The maximum atomic E-state index is 6.18. The molecule has 3 rings (SSSR count). The highest BCUT2D eigenvalue weighted by Gasteiger charge is 2.47. The molecule has 1 saturated heterocycles. The quantitative estimate of drug-likeness (QED) is 0.690. The Bertz CT molecular complexity index is 660. The third-order valence-electron chi connectivity index (χ3n) is 4.13. The van der Waals surface area contributed by atoms with Gasteiger partial charge >= 0.3 is 0 Å². The number of benzene rings is 1. The molecule has 0 aliphatic carbocycles. The van der Waals surface area contributed by atoms with E-state index in [9.17, 15) is 0 Å². The lowest BCUT2D eigenvalue weighted by molar-refractivity contribution is -0.0737. The van der Waals surface area contributed by atoms with Gasteiger partial charge in [-0.2, -0.15) is 5.10 Å². The number of hydrogen-bond donors (Lipinski definition) is 0. The van der Waals surface area contributed by atoms with Crippen molar-refractivity contribution in [3.05, 3.63) is 40.2 Å². The van der Waals surface area contributed by atoms with Gasteiger partial charge in [-0.3, -0.25) is 4.68 Å². The molecule has 21 heavy (non-hydrogen) atoms. The Morgan fingerprint density at radius 3 is 2.57 bits per heavy atom. The minimum Gasteiger partial charge on any atom is -0.367 e. The van der Waals surface area contributed by atoms with E-state index in [0.717, 1.165) is 6.42 Å². The average Bonchev–Trinajstić information content (AvgIpc) is 2.91. The number of rotatable bonds is 2. The van der Waals surface area contributed by atoms with E-state index in [1.807, 2.05) is 6.20 Å². The van der Waals surface area contributed by atoms with Crippen molar-refractivity contribution in [3.8, 4) is 11.1 Å². The van der Waals surface area contributed by atoms with Crippen LogP contribution in [0.15, 0.2) is 36.7 Å². The van der Waals surface area contributed by atoms with Crippen LogP contribution in [0.4, 0.5) is 0 Å². The van der Waals surface area contributed by atoms with Crippen LogP contribution >= 0.6 is 22.6 Å². The smallest absolute Gasteiger partial charge is 0.0857 e. The fraction of sp³-hybridized carbons (Fsp3) is 0.471. The molecule has 2 aromatic rings. The van der Waals surface area contributed by atoms with E-state index in [0.29, 0.717) is 0 Å². The lowest BCUT2D eigenvalue weighted by Crippen LogP contribution is -2.31. The van der Waals surface area contributed by atoms with Gasteiger partial charge < -0.3 is 4.74 Å². The molecule has 1 atom stereocenters. The van der Waals surface area contributed by atoms with Crippen LogP contribution in [-0.2, 0) is 4.74 Å². The summed E-state index contributed by atoms with van der Waals surface area (Å²) < 4.78 is 9.50. The van der Waals surface area contributed by atoms with Crippen molar-refractivity contribution in [1.82, 2.24) is 9.78 Å². The molecule has 1 aromatic carbocycles. The molecule has 1 aromatic heterocycles. The first-order valence-corrected chi connectivity index (χ1v) is 8.36. The Kier molecular flexibility index (Phi) is 3.64. The second kappa shape index (κ2) is 5.09. The number of nitrogens with zero attached hydrogens (tertiary/aromatic N) is 2. The first-order chi connectivity index (χ1) is 9.78. The van der Waals surface area contributed by atoms with Crippen molar-refractivity contribution in [3.63, 3.8) is 0 Å². The Labute approximate surface area is 139 Å². The number of aromatic nitrogens is 2. The Morgan fingerprint density at radius 1 is 1.24 bits per heavy atom. The van der Waals surface area contributed by atoms with Crippen LogP contribution in [0.1, 0.15) is 40.2 Å². The fourth-order valence-corrected chi connectivity index (χ4v) is 3.99. The molecule has 0 N–H and O–H groups in total. The molecule has 3 nitrogen and oxygen atoms in total. The topological polar surface area (TPSA) is 27.1 Å². The summed E-state index contributed by atoms with van der Waals surface area (Å²) >= 11 is 2.37. The maximum absolute atomic E-state index is 6.18. The molecule has 0 saturated carbocycles. The monoisotopic (exact) mass is 396 g/mol. The molecule has 1 fully saturated rings. The van der Waals surface area contributed by atoms with Gasteiger partial charge in [-0.25, -0.2) is 0 Å². The largest absolute Gasteiger partial charge is 0.367 e. The summed E-state index contributed by atoms with van der Waals surface area (Å²) in [4.78, 5) is 0. The van der Waals surface area contributed by atoms with E-state index in [4.69, 9.17) is 4.74 Å². The maximum Gasteiger partial charge on any atom is 0.0857 e. The van der Waals surface area contributed by atoms with Crippen molar-refractivity contribution in [2.24, 2.45) is 0 Å². The standard InChI is InChI=1S/C17H21IN2O/c1-16(2)9-15(17(3,4)21-16)20-11-12(10-19-20)13-7-5-6-8-14(13)18/h5-8,10-11,15H,9H2,1-4H3. The highest BCUT2D eigenvalue weighted by atomic mass is 127. The predicted molar refractivity (Wildman–Crippen MR) is 93.3 cm³/mol. The summed E-state index contributed by atoms with van der Waals surface area (Å²) in [6.45, 7) is 8.61. The number of hydrogen-bond acceptors (Lipinski definition) is 2. The first kappa shape index (κ1) is 15.0. The van der Waals surface area contributed by atoms with Gasteiger partial charge in [-0.1, -0.05) is 18.2 Å². The zero-order chi connectivity index (χ0) is 15.3. The second-order valence-corrected chi connectivity index (χ2v) is 8.04.